The molecule has 3 rings (SSSR count). The smallest absolute Gasteiger partial charge is 0.228 e. The highest BCUT2D eigenvalue weighted by atomic mass is 32.1. The van der Waals surface area contributed by atoms with Crippen molar-refractivity contribution in [2.75, 3.05) is 7.11 Å². The van der Waals surface area contributed by atoms with Gasteiger partial charge in [-0.2, -0.15) is 4.98 Å². The second-order valence-corrected chi connectivity index (χ2v) is 5.58. The van der Waals surface area contributed by atoms with Crippen LogP contribution < -0.4 is 0 Å². The summed E-state index contributed by atoms with van der Waals surface area (Å²) < 4.78 is 12.3. The van der Waals surface area contributed by atoms with E-state index < -0.39 is 0 Å². The number of thiophene rings is 1. The minimum Gasteiger partial charge on any atom is -0.377 e. The molecule has 0 unspecified atom stereocenters. The Hall–Kier alpha value is -1.99. The summed E-state index contributed by atoms with van der Waals surface area (Å²) >= 11 is 1.70. The Morgan fingerprint density at radius 2 is 2.33 bits per heavy atom. The molecule has 21 heavy (non-hydrogen) atoms. The molecule has 0 saturated carbocycles. The van der Waals surface area contributed by atoms with Crippen molar-refractivity contribution in [3.8, 4) is 10.7 Å². The van der Waals surface area contributed by atoms with Crippen molar-refractivity contribution in [2.24, 2.45) is 0 Å². The van der Waals surface area contributed by atoms with Gasteiger partial charge in [0.05, 0.1) is 4.88 Å². The number of ether oxygens (including phenoxy) is 1. The van der Waals surface area contributed by atoms with Crippen LogP contribution in [0.1, 0.15) is 17.3 Å². The molecule has 3 aromatic heterocycles. The van der Waals surface area contributed by atoms with Crippen LogP contribution in [0.5, 0.6) is 0 Å². The zero-order chi connectivity index (χ0) is 14.7. The van der Waals surface area contributed by atoms with Crippen LogP contribution in [-0.4, -0.2) is 26.8 Å². The quantitative estimate of drug-likeness (QED) is 0.700. The van der Waals surface area contributed by atoms with E-state index in [1.54, 1.807) is 18.4 Å². The molecule has 3 heterocycles. The fourth-order valence-electron chi connectivity index (χ4n) is 2.10. The number of aryl methyl sites for hydroxylation is 3. The average molecular weight is 304 g/mol. The molecule has 0 amide bonds. The topological polar surface area (TPSA) is 66.0 Å². The van der Waals surface area contributed by atoms with E-state index in [0.29, 0.717) is 24.7 Å². The Balaban J connectivity index is 1.71. The summed E-state index contributed by atoms with van der Waals surface area (Å²) in [6.45, 7) is 3.22. The molecule has 0 atom stereocenters. The SMILES string of the molecule is COCc1noc(CCn2ccnc2-c2sccc2C)n1. The van der Waals surface area contributed by atoms with Crippen molar-refractivity contribution in [3.63, 3.8) is 0 Å². The molecular formula is C14H16N4O2S. The Kier molecular flexibility index (Phi) is 4.12. The first-order valence-electron chi connectivity index (χ1n) is 6.64. The Labute approximate surface area is 126 Å². The van der Waals surface area contributed by atoms with E-state index in [9.17, 15) is 0 Å². The highest BCUT2D eigenvalue weighted by molar-refractivity contribution is 7.13. The fraction of sp³-hybridized carbons (Fsp3) is 0.357. The van der Waals surface area contributed by atoms with Gasteiger partial charge < -0.3 is 13.8 Å². The van der Waals surface area contributed by atoms with Gasteiger partial charge in [0.1, 0.15) is 12.4 Å². The lowest BCUT2D eigenvalue weighted by Crippen LogP contribution is -2.03. The molecule has 0 aliphatic rings. The minimum atomic E-state index is 0.369. The molecule has 0 aliphatic heterocycles. The second-order valence-electron chi connectivity index (χ2n) is 4.66. The van der Waals surface area contributed by atoms with Gasteiger partial charge in [0.2, 0.25) is 5.89 Å². The predicted octanol–water partition coefficient (Wildman–Crippen LogP) is 2.69. The predicted molar refractivity (Wildman–Crippen MR) is 79.0 cm³/mol. The Bertz CT molecular complexity index is 716. The number of nitrogens with zero attached hydrogens (tertiary/aromatic N) is 4. The normalized spacial score (nSPS) is 11.1. The van der Waals surface area contributed by atoms with E-state index in [-0.39, 0.29) is 0 Å². The summed E-state index contributed by atoms with van der Waals surface area (Å²) in [6, 6.07) is 2.11. The molecule has 6 nitrogen and oxygen atoms in total. The van der Waals surface area contributed by atoms with Crippen LogP contribution in [-0.2, 0) is 24.3 Å². The molecule has 0 spiro atoms. The lowest BCUT2D eigenvalue weighted by molar-refractivity contribution is 0.174. The standard InChI is InChI=1S/C14H16N4O2S/c1-10-4-8-21-13(10)14-15-5-7-18(14)6-3-12-16-11(9-19-2)17-20-12/h4-5,7-8H,3,6,9H2,1-2H3. The number of methoxy groups -OCH3 is 1. The molecular weight excluding hydrogens is 288 g/mol. The van der Waals surface area contributed by atoms with Crippen molar-refractivity contribution in [3.05, 3.63) is 41.1 Å². The molecule has 7 heteroatoms. The summed E-state index contributed by atoms with van der Waals surface area (Å²) in [5, 5.41) is 5.94. The van der Waals surface area contributed by atoms with Gasteiger partial charge in [-0.3, -0.25) is 0 Å². The minimum absolute atomic E-state index is 0.369. The molecule has 3 aromatic rings. The molecule has 0 aromatic carbocycles. The fourth-order valence-corrected chi connectivity index (χ4v) is 3.03. The van der Waals surface area contributed by atoms with E-state index in [1.807, 2.05) is 12.4 Å². The number of aromatic nitrogens is 4. The maximum Gasteiger partial charge on any atom is 0.228 e. The van der Waals surface area contributed by atoms with Gasteiger partial charge in [-0.25, -0.2) is 4.98 Å². The van der Waals surface area contributed by atoms with Gasteiger partial charge in [0, 0.05) is 32.5 Å². The van der Waals surface area contributed by atoms with Gasteiger partial charge in [-0.05, 0) is 23.9 Å². The number of hydrogen-bond acceptors (Lipinski definition) is 6. The van der Waals surface area contributed by atoms with Crippen molar-refractivity contribution in [1.29, 1.82) is 0 Å². The van der Waals surface area contributed by atoms with E-state index in [1.165, 1.54) is 10.4 Å². The highest BCUT2D eigenvalue weighted by Crippen LogP contribution is 2.27. The molecule has 0 saturated heterocycles. The van der Waals surface area contributed by atoms with E-state index in [4.69, 9.17) is 9.26 Å². The lowest BCUT2D eigenvalue weighted by Gasteiger charge is -2.05. The lowest BCUT2D eigenvalue weighted by atomic mass is 10.3. The van der Waals surface area contributed by atoms with Crippen LogP contribution >= 0.6 is 11.3 Å². The molecule has 0 aliphatic carbocycles. The first kappa shape index (κ1) is 14.0. The number of imidazole rings is 1. The average Bonchev–Trinajstić information content (AvgIpc) is 3.17. The van der Waals surface area contributed by atoms with Crippen molar-refractivity contribution in [2.45, 2.75) is 26.5 Å². The third-order valence-electron chi connectivity index (χ3n) is 3.13. The van der Waals surface area contributed by atoms with Crippen LogP contribution in [0, 0.1) is 6.92 Å². The second kappa shape index (κ2) is 6.19. The first-order valence-corrected chi connectivity index (χ1v) is 7.52. The van der Waals surface area contributed by atoms with Crippen LogP contribution in [0.25, 0.3) is 10.7 Å². The monoisotopic (exact) mass is 304 g/mol. The first-order chi connectivity index (χ1) is 10.3. The number of rotatable bonds is 6. The molecule has 0 radical (unpaired) electrons. The van der Waals surface area contributed by atoms with Crippen LogP contribution in [0.4, 0.5) is 0 Å². The molecule has 110 valence electrons. The maximum absolute atomic E-state index is 5.20. The molecule has 0 N–H and O–H groups in total. The van der Waals surface area contributed by atoms with Crippen LogP contribution in [0.3, 0.4) is 0 Å². The van der Waals surface area contributed by atoms with E-state index in [2.05, 4.69) is 38.1 Å². The summed E-state index contributed by atoms with van der Waals surface area (Å²) in [7, 11) is 1.61. The summed E-state index contributed by atoms with van der Waals surface area (Å²) in [4.78, 5) is 9.93. The van der Waals surface area contributed by atoms with Crippen LogP contribution in [0.2, 0.25) is 0 Å². The summed E-state index contributed by atoms with van der Waals surface area (Å²) in [5.41, 5.74) is 1.24. The molecule has 0 bridgehead atoms. The van der Waals surface area contributed by atoms with Crippen LogP contribution in [0.15, 0.2) is 28.4 Å². The van der Waals surface area contributed by atoms with Crippen molar-refractivity contribution in [1.82, 2.24) is 19.7 Å². The Morgan fingerprint density at radius 1 is 1.43 bits per heavy atom. The molecule has 0 fully saturated rings. The van der Waals surface area contributed by atoms with Crippen molar-refractivity contribution < 1.29 is 9.26 Å². The largest absolute Gasteiger partial charge is 0.377 e. The maximum atomic E-state index is 5.20. The summed E-state index contributed by atoms with van der Waals surface area (Å²) in [5.74, 6) is 2.18. The highest BCUT2D eigenvalue weighted by Gasteiger charge is 2.12. The van der Waals surface area contributed by atoms with Gasteiger partial charge in [-0.15, -0.1) is 11.3 Å². The number of hydrogen-bond donors (Lipinski definition) is 0. The van der Waals surface area contributed by atoms with Gasteiger partial charge in [0.15, 0.2) is 5.82 Å². The van der Waals surface area contributed by atoms with Gasteiger partial charge in [0.25, 0.3) is 0 Å². The van der Waals surface area contributed by atoms with Gasteiger partial charge in [-0.1, -0.05) is 5.16 Å². The van der Waals surface area contributed by atoms with E-state index in [0.717, 1.165) is 12.4 Å². The zero-order valence-electron chi connectivity index (χ0n) is 11.9. The summed E-state index contributed by atoms with van der Waals surface area (Å²) in [6.07, 6.45) is 4.46. The third-order valence-corrected chi connectivity index (χ3v) is 4.14. The Morgan fingerprint density at radius 3 is 3.10 bits per heavy atom. The third kappa shape index (κ3) is 3.03. The van der Waals surface area contributed by atoms with E-state index >= 15 is 0 Å². The van der Waals surface area contributed by atoms with Gasteiger partial charge >= 0.3 is 0 Å². The van der Waals surface area contributed by atoms with Crippen molar-refractivity contribution >= 4 is 11.3 Å². The zero-order valence-corrected chi connectivity index (χ0v) is 12.8.